The van der Waals surface area contributed by atoms with Gasteiger partial charge in [-0.2, -0.15) is 0 Å². The average Bonchev–Trinajstić information content (AvgIpc) is 2.85. The third kappa shape index (κ3) is 3.77. The molecule has 2 aromatic heterocycles. The van der Waals surface area contributed by atoms with Crippen LogP contribution in [0.1, 0.15) is 17.3 Å². The van der Waals surface area contributed by atoms with Crippen LogP contribution in [0.3, 0.4) is 0 Å². The van der Waals surface area contributed by atoms with Gasteiger partial charge in [-0.15, -0.1) is 35.1 Å². The molecule has 2 aromatic rings. The fourth-order valence-corrected chi connectivity index (χ4v) is 3.93. The third-order valence-corrected chi connectivity index (χ3v) is 5.28. The summed E-state index contributed by atoms with van der Waals surface area (Å²) in [6.07, 6.45) is 0.619. The summed E-state index contributed by atoms with van der Waals surface area (Å²) in [7, 11) is 0. The van der Waals surface area contributed by atoms with E-state index < -0.39 is 0 Å². The lowest BCUT2D eigenvalue weighted by molar-refractivity contribution is 0.277. The normalized spacial score (nSPS) is 12.2. The second-order valence-electron chi connectivity index (χ2n) is 3.42. The van der Waals surface area contributed by atoms with Crippen LogP contribution >= 0.6 is 51.0 Å². The molecule has 3 N–H and O–H groups in total. The molecule has 0 aliphatic carbocycles. The summed E-state index contributed by atoms with van der Waals surface area (Å²) in [6.45, 7) is 0.138. The van der Waals surface area contributed by atoms with Crippen molar-refractivity contribution in [2.75, 3.05) is 6.61 Å². The summed E-state index contributed by atoms with van der Waals surface area (Å²) in [5.74, 6) is 0. The zero-order valence-electron chi connectivity index (χ0n) is 8.93. The first-order chi connectivity index (χ1) is 7.70. The lowest BCUT2D eigenvalue weighted by Crippen LogP contribution is -2.09. The largest absolute Gasteiger partial charge is 0.396 e. The van der Waals surface area contributed by atoms with Crippen LogP contribution in [0.5, 0.6) is 0 Å². The number of aliphatic hydroxyl groups excluding tert-OH is 1. The molecule has 0 aliphatic rings. The molecule has 17 heavy (non-hydrogen) atoms. The number of hydrogen-bond donors (Lipinski definition) is 2. The minimum atomic E-state index is -0.0489. The summed E-state index contributed by atoms with van der Waals surface area (Å²) in [5.41, 5.74) is 5.95. The number of rotatable bonds is 4. The van der Waals surface area contributed by atoms with Gasteiger partial charge < -0.3 is 10.8 Å². The minimum Gasteiger partial charge on any atom is -0.396 e. The Balaban J connectivity index is 0.00000144. The summed E-state index contributed by atoms with van der Waals surface area (Å²) < 4.78 is 1.14. The molecular formula is C11H13BrClNOS2. The number of thiophene rings is 2. The highest BCUT2D eigenvalue weighted by atomic mass is 79.9. The monoisotopic (exact) mass is 353 g/mol. The number of hydrogen-bond acceptors (Lipinski definition) is 4. The molecule has 0 fully saturated rings. The lowest BCUT2D eigenvalue weighted by Gasteiger charge is -2.05. The van der Waals surface area contributed by atoms with E-state index in [-0.39, 0.29) is 25.1 Å². The van der Waals surface area contributed by atoms with Crippen molar-refractivity contribution < 1.29 is 5.11 Å². The fourth-order valence-electron chi connectivity index (χ4n) is 1.41. The Morgan fingerprint density at radius 2 is 1.82 bits per heavy atom. The van der Waals surface area contributed by atoms with Gasteiger partial charge in [0.15, 0.2) is 0 Å². The molecule has 1 atom stereocenters. The Morgan fingerprint density at radius 1 is 1.18 bits per heavy atom. The van der Waals surface area contributed by atoms with Crippen molar-refractivity contribution in [2.24, 2.45) is 5.73 Å². The van der Waals surface area contributed by atoms with E-state index >= 15 is 0 Å². The molecule has 0 bridgehead atoms. The van der Waals surface area contributed by atoms with Crippen LogP contribution in [-0.2, 0) is 0 Å². The topological polar surface area (TPSA) is 46.2 Å². The van der Waals surface area contributed by atoms with E-state index in [1.54, 1.807) is 22.7 Å². The zero-order valence-corrected chi connectivity index (χ0v) is 13.0. The highest BCUT2D eigenvalue weighted by molar-refractivity contribution is 9.11. The van der Waals surface area contributed by atoms with Crippen LogP contribution in [-0.4, -0.2) is 11.7 Å². The first-order valence-corrected chi connectivity index (χ1v) is 7.35. The molecule has 94 valence electrons. The molecular weight excluding hydrogens is 342 g/mol. The van der Waals surface area contributed by atoms with Crippen molar-refractivity contribution >= 4 is 51.0 Å². The van der Waals surface area contributed by atoms with Crippen molar-refractivity contribution in [2.45, 2.75) is 12.5 Å². The summed E-state index contributed by atoms with van der Waals surface area (Å²) in [5, 5.41) is 8.85. The van der Waals surface area contributed by atoms with Gasteiger partial charge in [0.1, 0.15) is 0 Å². The van der Waals surface area contributed by atoms with E-state index in [4.69, 9.17) is 10.8 Å². The van der Waals surface area contributed by atoms with Gasteiger partial charge in [-0.3, -0.25) is 0 Å². The maximum atomic E-state index is 8.85. The van der Waals surface area contributed by atoms with Crippen molar-refractivity contribution in [1.29, 1.82) is 0 Å². The fraction of sp³-hybridized carbons (Fsp3) is 0.273. The van der Waals surface area contributed by atoms with Gasteiger partial charge in [0, 0.05) is 27.3 Å². The zero-order chi connectivity index (χ0) is 11.5. The standard InChI is InChI=1S/C11H12BrNOS2.ClH/c12-11-4-3-10(16-11)9-2-1-8(15-9)7(13)5-6-14;/h1-4,7,14H,5-6,13H2;1H. The summed E-state index contributed by atoms with van der Waals surface area (Å²) in [4.78, 5) is 3.62. The molecule has 0 radical (unpaired) electrons. The maximum Gasteiger partial charge on any atom is 0.0705 e. The van der Waals surface area contributed by atoms with E-state index in [9.17, 15) is 0 Å². The van der Waals surface area contributed by atoms with Gasteiger partial charge in [-0.05, 0) is 46.6 Å². The highest BCUT2D eigenvalue weighted by Gasteiger charge is 2.10. The molecule has 0 spiro atoms. The third-order valence-electron chi connectivity index (χ3n) is 2.25. The molecule has 0 saturated heterocycles. The molecule has 0 aromatic carbocycles. The van der Waals surface area contributed by atoms with Crippen LogP contribution in [0.4, 0.5) is 0 Å². The van der Waals surface area contributed by atoms with Gasteiger partial charge in [0.2, 0.25) is 0 Å². The SMILES string of the molecule is Cl.NC(CCO)c1ccc(-c2ccc(Br)s2)s1. The summed E-state index contributed by atoms with van der Waals surface area (Å²) >= 11 is 6.87. The predicted octanol–water partition coefficient (Wildman–Crippen LogP) is 4.04. The van der Waals surface area contributed by atoms with Gasteiger partial charge in [0.25, 0.3) is 0 Å². The first kappa shape index (κ1) is 15.1. The molecule has 0 amide bonds. The molecule has 2 nitrogen and oxygen atoms in total. The van der Waals surface area contributed by atoms with Crippen LogP contribution in [0.15, 0.2) is 28.1 Å². The van der Waals surface area contributed by atoms with E-state index in [1.165, 1.54) is 9.75 Å². The van der Waals surface area contributed by atoms with Crippen molar-refractivity contribution in [3.63, 3.8) is 0 Å². The predicted molar refractivity (Wildman–Crippen MR) is 81.2 cm³/mol. The van der Waals surface area contributed by atoms with Gasteiger partial charge >= 0.3 is 0 Å². The van der Waals surface area contributed by atoms with Crippen LogP contribution in [0, 0.1) is 0 Å². The number of nitrogens with two attached hydrogens (primary N) is 1. The molecule has 1 unspecified atom stereocenters. The van der Waals surface area contributed by atoms with Gasteiger partial charge in [0.05, 0.1) is 3.79 Å². The molecule has 6 heteroatoms. The highest BCUT2D eigenvalue weighted by Crippen LogP contribution is 2.37. The Labute approximate surface area is 123 Å². The molecule has 0 saturated carbocycles. The molecule has 2 rings (SSSR count). The lowest BCUT2D eigenvalue weighted by atomic mass is 10.2. The molecule has 0 aliphatic heterocycles. The van der Waals surface area contributed by atoms with Crippen molar-refractivity contribution in [3.8, 4) is 9.75 Å². The Kier molecular flexibility index (Phi) is 6.12. The van der Waals surface area contributed by atoms with Crippen LogP contribution in [0.2, 0.25) is 0 Å². The Morgan fingerprint density at radius 3 is 2.41 bits per heavy atom. The molecule has 2 heterocycles. The van der Waals surface area contributed by atoms with E-state index in [2.05, 4.69) is 28.1 Å². The first-order valence-electron chi connectivity index (χ1n) is 4.92. The van der Waals surface area contributed by atoms with E-state index in [1.807, 2.05) is 12.1 Å². The van der Waals surface area contributed by atoms with Crippen molar-refractivity contribution in [3.05, 3.63) is 32.9 Å². The van der Waals surface area contributed by atoms with Crippen LogP contribution < -0.4 is 5.73 Å². The minimum absolute atomic E-state index is 0. The summed E-state index contributed by atoms with van der Waals surface area (Å²) in [6, 6.07) is 8.24. The number of halogens is 2. The van der Waals surface area contributed by atoms with Gasteiger partial charge in [-0.25, -0.2) is 0 Å². The Hall–Kier alpha value is 0.0900. The second kappa shape index (κ2) is 6.87. The Bertz CT molecular complexity index is 471. The van der Waals surface area contributed by atoms with E-state index in [0.29, 0.717) is 6.42 Å². The van der Waals surface area contributed by atoms with Gasteiger partial charge in [-0.1, -0.05) is 0 Å². The second-order valence-corrected chi connectivity index (χ2v) is 7.00. The average molecular weight is 355 g/mol. The van der Waals surface area contributed by atoms with E-state index in [0.717, 1.165) is 8.66 Å². The number of aliphatic hydroxyl groups is 1. The smallest absolute Gasteiger partial charge is 0.0705 e. The quantitative estimate of drug-likeness (QED) is 0.870. The maximum absolute atomic E-state index is 8.85. The van der Waals surface area contributed by atoms with Crippen LogP contribution in [0.25, 0.3) is 9.75 Å². The van der Waals surface area contributed by atoms with Crippen molar-refractivity contribution in [1.82, 2.24) is 0 Å².